The quantitative estimate of drug-likeness (QED) is 0.635. The number of benzene rings is 2. The molecule has 0 bridgehead atoms. The molecule has 140 valence electrons. The number of fused-ring (bicyclic) bond motifs is 3. The van der Waals surface area contributed by atoms with Crippen molar-refractivity contribution in [1.29, 1.82) is 0 Å². The van der Waals surface area contributed by atoms with Crippen molar-refractivity contribution < 1.29 is 4.74 Å². The fraction of sp³-hybridized carbons (Fsp3) is 0.417. The van der Waals surface area contributed by atoms with Crippen molar-refractivity contribution in [3.05, 3.63) is 64.8 Å². The second-order valence-corrected chi connectivity index (χ2v) is 8.08. The number of nitrogens with zero attached hydrogens (tertiary/aromatic N) is 2. The standard InChI is InChI=1S/C24H28N2O/c1-17-11-12-21-20(15-17)19-8-5-9-22-24(19)26(21)14-6-13-25(22)16-18-7-3-4-10-23(18)27-2/h3-4,7,10-12,15,22H,5-6,8-9,13-14,16H2,1-2H3. The maximum Gasteiger partial charge on any atom is 0.123 e. The fourth-order valence-electron chi connectivity index (χ4n) is 5.24. The molecule has 0 saturated heterocycles. The summed E-state index contributed by atoms with van der Waals surface area (Å²) in [5.74, 6) is 1.01. The number of aromatic nitrogens is 1. The minimum atomic E-state index is 0.522. The van der Waals surface area contributed by atoms with Crippen molar-refractivity contribution >= 4 is 10.9 Å². The summed E-state index contributed by atoms with van der Waals surface area (Å²) >= 11 is 0. The van der Waals surface area contributed by atoms with Gasteiger partial charge in [0.25, 0.3) is 0 Å². The van der Waals surface area contributed by atoms with Crippen LogP contribution >= 0.6 is 0 Å². The molecule has 0 amide bonds. The molecule has 0 spiro atoms. The molecule has 5 rings (SSSR count). The first-order valence-electron chi connectivity index (χ1n) is 10.2. The molecule has 0 N–H and O–H groups in total. The Morgan fingerprint density at radius 2 is 1.96 bits per heavy atom. The van der Waals surface area contributed by atoms with Gasteiger partial charge < -0.3 is 9.30 Å². The SMILES string of the molecule is COc1ccccc1CN1CCCn2c3c(c4cc(C)ccc42)CCCC31. The number of para-hydroxylation sites is 1. The van der Waals surface area contributed by atoms with Gasteiger partial charge in [0, 0.05) is 41.8 Å². The van der Waals surface area contributed by atoms with Crippen molar-refractivity contribution in [2.75, 3.05) is 13.7 Å². The Labute approximate surface area is 161 Å². The van der Waals surface area contributed by atoms with Crippen LogP contribution in [-0.2, 0) is 19.5 Å². The lowest BCUT2D eigenvalue weighted by Crippen LogP contribution is -2.31. The Morgan fingerprint density at radius 3 is 2.85 bits per heavy atom. The van der Waals surface area contributed by atoms with Gasteiger partial charge in [0.05, 0.1) is 13.2 Å². The normalized spacial score (nSPS) is 19.7. The van der Waals surface area contributed by atoms with Crippen LogP contribution in [0.5, 0.6) is 5.75 Å². The zero-order valence-electron chi connectivity index (χ0n) is 16.4. The molecule has 0 fully saturated rings. The molecule has 1 unspecified atom stereocenters. The van der Waals surface area contributed by atoms with E-state index in [2.05, 4.69) is 58.9 Å². The van der Waals surface area contributed by atoms with Crippen molar-refractivity contribution in [2.45, 2.75) is 51.7 Å². The first-order valence-corrected chi connectivity index (χ1v) is 10.2. The molecular weight excluding hydrogens is 332 g/mol. The van der Waals surface area contributed by atoms with E-state index in [1.807, 2.05) is 0 Å². The lowest BCUT2D eigenvalue weighted by atomic mass is 9.90. The molecule has 3 aromatic rings. The van der Waals surface area contributed by atoms with E-state index in [0.29, 0.717) is 6.04 Å². The molecule has 0 saturated carbocycles. The summed E-state index contributed by atoms with van der Waals surface area (Å²) in [7, 11) is 1.78. The van der Waals surface area contributed by atoms with Gasteiger partial charge in [0.15, 0.2) is 0 Å². The van der Waals surface area contributed by atoms with Crippen LogP contribution in [0.15, 0.2) is 42.5 Å². The van der Waals surface area contributed by atoms with Crippen LogP contribution in [0, 0.1) is 6.92 Å². The second-order valence-electron chi connectivity index (χ2n) is 8.08. The number of aryl methyl sites for hydroxylation is 3. The average molecular weight is 361 g/mol. The van der Waals surface area contributed by atoms with Crippen LogP contribution in [0.3, 0.4) is 0 Å². The van der Waals surface area contributed by atoms with Gasteiger partial charge in [-0.25, -0.2) is 0 Å². The first-order chi connectivity index (χ1) is 13.3. The summed E-state index contributed by atoms with van der Waals surface area (Å²) in [6.45, 7) is 5.46. The summed E-state index contributed by atoms with van der Waals surface area (Å²) < 4.78 is 8.26. The molecule has 1 atom stereocenters. The van der Waals surface area contributed by atoms with E-state index in [-0.39, 0.29) is 0 Å². The van der Waals surface area contributed by atoms with Crippen molar-refractivity contribution in [2.24, 2.45) is 0 Å². The zero-order valence-corrected chi connectivity index (χ0v) is 16.4. The van der Waals surface area contributed by atoms with Crippen LogP contribution in [0.1, 0.15) is 47.7 Å². The molecule has 3 heteroatoms. The molecule has 2 heterocycles. The Kier molecular flexibility index (Phi) is 4.20. The Hall–Kier alpha value is -2.26. The maximum absolute atomic E-state index is 5.62. The molecule has 27 heavy (non-hydrogen) atoms. The van der Waals surface area contributed by atoms with E-state index in [0.717, 1.165) is 25.4 Å². The van der Waals surface area contributed by atoms with E-state index in [1.54, 1.807) is 18.4 Å². The van der Waals surface area contributed by atoms with Crippen LogP contribution in [0.4, 0.5) is 0 Å². The predicted molar refractivity (Wildman–Crippen MR) is 110 cm³/mol. The minimum Gasteiger partial charge on any atom is -0.496 e. The summed E-state index contributed by atoms with van der Waals surface area (Å²) in [5, 5.41) is 1.49. The molecule has 3 nitrogen and oxygen atoms in total. The van der Waals surface area contributed by atoms with Crippen molar-refractivity contribution in [1.82, 2.24) is 9.47 Å². The number of methoxy groups -OCH3 is 1. The van der Waals surface area contributed by atoms with Crippen LogP contribution in [0.2, 0.25) is 0 Å². The van der Waals surface area contributed by atoms with Crippen molar-refractivity contribution in [3.63, 3.8) is 0 Å². The third-order valence-electron chi connectivity index (χ3n) is 6.42. The van der Waals surface area contributed by atoms with Crippen LogP contribution in [-0.4, -0.2) is 23.1 Å². The minimum absolute atomic E-state index is 0.522. The van der Waals surface area contributed by atoms with E-state index >= 15 is 0 Å². The van der Waals surface area contributed by atoms with Crippen molar-refractivity contribution in [3.8, 4) is 5.75 Å². The lowest BCUT2D eigenvalue weighted by Gasteiger charge is -2.34. The Bertz CT molecular complexity index is 984. The van der Waals surface area contributed by atoms with E-state index < -0.39 is 0 Å². The number of rotatable bonds is 3. The van der Waals surface area contributed by atoms with Gasteiger partial charge in [-0.05, 0) is 56.4 Å². The van der Waals surface area contributed by atoms with E-state index in [9.17, 15) is 0 Å². The van der Waals surface area contributed by atoms with Gasteiger partial charge in [0.1, 0.15) is 5.75 Å². The van der Waals surface area contributed by atoms with Gasteiger partial charge >= 0.3 is 0 Å². The number of hydrogen-bond acceptors (Lipinski definition) is 2. The monoisotopic (exact) mass is 360 g/mol. The average Bonchev–Trinajstić information content (AvgIpc) is 2.88. The third-order valence-corrected chi connectivity index (χ3v) is 6.42. The molecule has 1 aromatic heterocycles. The molecule has 1 aliphatic carbocycles. The highest BCUT2D eigenvalue weighted by molar-refractivity contribution is 5.86. The summed E-state index contributed by atoms with van der Waals surface area (Å²) in [5.41, 5.74) is 7.31. The first kappa shape index (κ1) is 16.9. The molecule has 0 radical (unpaired) electrons. The highest BCUT2D eigenvalue weighted by atomic mass is 16.5. The van der Waals surface area contributed by atoms with E-state index in [1.165, 1.54) is 47.7 Å². The largest absolute Gasteiger partial charge is 0.496 e. The molecular formula is C24H28N2O. The van der Waals surface area contributed by atoms with Gasteiger partial charge in [-0.15, -0.1) is 0 Å². The highest BCUT2D eigenvalue weighted by Crippen LogP contribution is 2.43. The Balaban J connectivity index is 1.59. The predicted octanol–water partition coefficient (Wildman–Crippen LogP) is 5.24. The smallest absolute Gasteiger partial charge is 0.123 e. The zero-order chi connectivity index (χ0) is 18.4. The maximum atomic E-state index is 5.62. The van der Waals surface area contributed by atoms with Gasteiger partial charge in [-0.1, -0.05) is 29.8 Å². The highest BCUT2D eigenvalue weighted by Gasteiger charge is 2.33. The second kappa shape index (κ2) is 6.72. The summed E-state index contributed by atoms with van der Waals surface area (Å²) in [6.07, 6.45) is 4.97. The van der Waals surface area contributed by atoms with Crippen LogP contribution in [0.25, 0.3) is 10.9 Å². The molecule has 1 aliphatic heterocycles. The van der Waals surface area contributed by atoms with Gasteiger partial charge in [0.2, 0.25) is 0 Å². The lowest BCUT2D eigenvalue weighted by molar-refractivity contribution is 0.172. The summed E-state index contributed by atoms with van der Waals surface area (Å²) in [4.78, 5) is 2.70. The van der Waals surface area contributed by atoms with Gasteiger partial charge in [-0.3, -0.25) is 4.90 Å². The van der Waals surface area contributed by atoms with E-state index in [4.69, 9.17) is 4.74 Å². The molecule has 2 aliphatic rings. The summed E-state index contributed by atoms with van der Waals surface area (Å²) in [6, 6.07) is 16.0. The van der Waals surface area contributed by atoms with Crippen LogP contribution < -0.4 is 4.74 Å². The number of hydrogen-bond donors (Lipinski definition) is 0. The Morgan fingerprint density at radius 1 is 1.07 bits per heavy atom. The third kappa shape index (κ3) is 2.76. The molecule has 2 aromatic carbocycles. The topological polar surface area (TPSA) is 17.4 Å². The fourth-order valence-corrected chi connectivity index (χ4v) is 5.24. The van der Waals surface area contributed by atoms with Gasteiger partial charge in [-0.2, -0.15) is 0 Å². The number of ether oxygens (including phenoxy) is 1.